The van der Waals surface area contributed by atoms with Crippen LogP contribution >= 0.6 is 0 Å². The Hall–Kier alpha value is -1.69. The maximum absolute atomic E-state index is 4.37. The van der Waals surface area contributed by atoms with Crippen molar-refractivity contribution in [1.29, 1.82) is 0 Å². The van der Waals surface area contributed by atoms with Crippen LogP contribution in [0.4, 0.5) is 0 Å². The van der Waals surface area contributed by atoms with Crippen molar-refractivity contribution < 1.29 is 0 Å². The van der Waals surface area contributed by atoms with Gasteiger partial charge < -0.3 is 9.88 Å². The average Bonchev–Trinajstić information content (AvgIpc) is 2.97. The SMILES string of the molecule is CC(C)NCc1cn(CCCc2ncn[nH]2)cn1. The van der Waals surface area contributed by atoms with Gasteiger partial charge in [-0.15, -0.1) is 0 Å². The van der Waals surface area contributed by atoms with E-state index in [0.717, 1.165) is 37.4 Å². The molecule has 0 aromatic carbocycles. The van der Waals surface area contributed by atoms with E-state index in [1.54, 1.807) is 6.33 Å². The van der Waals surface area contributed by atoms with Gasteiger partial charge in [0.25, 0.3) is 0 Å². The van der Waals surface area contributed by atoms with Gasteiger partial charge in [0.2, 0.25) is 0 Å². The summed E-state index contributed by atoms with van der Waals surface area (Å²) >= 11 is 0. The van der Waals surface area contributed by atoms with Gasteiger partial charge in [0.1, 0.15) is 12.2 Å². The van der Waals surface area contributed by atoms with Crippen LogP contribution in [0.15, 0.2) is 18.9 Å². The Morgan fingerprint density at radius 1 is 1.39 bits per heavy atom. The van der Waals surface area contributed by atoms with Crippen molar-refractivity contribution in [2.75, 3.05) is 0 Å². The zero-order chi connectivity index (χ0) is 12.8. The highest BCUT2D eigenvalue weighted by Gasteiger charge is 2.01. The van der Waals surface area contributed by atoms with Gasteiger partial charge in [-0.25, -0.2) is 9.97 Å². The van der Waals surface area contributed by atoms with E-state index in [9.17, 15) is 0 Å². The molecule has 0 bridgehead atoms. The second-order valence-electron chi connectivity index (χ2n) is 4.67. The van der Waals surface area contributed by atoms with Crippen LogP contribution in [0.25, 0.3) is 0 Å². The molecule has 0 unspecified atom stereocenters. The van der Waals surface area contributed by atoms with Crippen LogP contribution in [0.2, 0.25) is 0 Å². The lowest BCUT2D eigenvalue weighted by Crippen LogP contribution is -2.21. The van der Waals surface area contributed by atoms with E-state index >= 15 is 0 Å². The lowest BCUT2D eigenvalue weighted by atomic mass is 10.3. The molecule has 2 heterocycles. The zero-order valence-corrected chi connectivity index (χ0v) is 10.9. The standard InChI is InChI=1S/C12H20N6/c1-10(2)13-6-11-7-18(9-15-11)5-3-4-12-14-8-16-17-12/h7-10,13H,3-6H2,1-2H3,(H,14,16,17). The first kappa shape index (κ1) is 12.8. The van der Waals surface area contributed by atoms with Crippen molar-refractivity contribution in [2.45, 2.75) is 45.8 Å². The first-order valence-corrected chi connectivity index (χ1v) is 6.32. The Kier molecular flexibility index (Phi) is 4.46. The van der Waals surface area contributed by atoms with Crippen molar-refractivity contribution in [3.63, 3.8) is 0 Å². The molecular weight excluding hydrogens is 228 g/mol. The minimum atomic E-state index is 0.488. The number of aromatic nitrogens is 5. The topological polar surface area (TPSA) is 71.4 Å². The summed E-state index contributed by atoms with van der Waals surface area (Å²) in [6.45, 7) is 6.05. The van der Waals surface area contributed by atoms with Crippen molar-refractivity contribution in [3.8, 4) is 0 Å². The van der Waals surface area contributed by atoms with Crippen molar-refractivity contribution in [2.24, 2.45) is 0 Å². The fourth-order valence-corrected chi connectivity index (χ4v) is 1.71. The molecule has 0 spiro atoms. The Morgan fingerprint density at radius 2 is 2.28 bits per heavy atom. The van der Waals surface area contributed by atoms with E-state index in [0.29, 0.717) is 6.04 Å². The molecule has 0 saturated heterocycles. The van der Waals surface area contributed by atoms with E-state index < -0.39 is 0 Å². The molecule has 18 heavy (non-hydrogen) atoms. The molecule has 6 nitrogen and oxygen atoms in total. The van der Waals surface area contributed by atoms with E-state index in [-0.39, 0.29) is 0 Å². The highest BCUT2D eigenvalue weighted by Crippen LogP contribution is 2.01. The van der Waals surface area contributed by atoms with Crippen molar-refractivity contribution in [1.82, 2.24) is 30.0 Å². The Balaban J connectivity index is 1.73. The van der Waals surface area contributed by atoms with E-state index in [4.69, 9.17) is 0 Å². The van der Waals surface area contributed by atoms with Gasteiger partial charge in [-0.1, -0.05) is 13.8 Å². The summed E-state index contributed by atoms with van der Waals surface area (Å²) in [5, 5.41) is 10.0. The average molecular weight is 248 g/mol. The van der Waals surface area contributed by atoms with Crippen LogP contribution < -0.4 is 5.32 Å². The molecule has 0 radical (unpaired) electrons. The first-order chi connectivity index (χ1) is 8.74. The number of hydrogen-bond donors (Lipinski definition) is 2. The lowest BCUT2D eigenvalue weighted by Gasteiger charge is -2.04. The van der Waals surface area contributed by atoms with Crippen molar-refractivity contribution in [3.05, 3.63) is 30.4 Å². The molecule has 98 valence electrons. The zero-order valence-electron chi connectivity index (χ0n) is 10.9. The van der Waals surface area contributed by atoms with Gasteiger partial charge in [0, 0.05) is 31.7 Å². The van der Waals surface area contributed by atoms with Gasteiger partial charge in [0.05, 0.1) is 12.0 Å². The molecule has 2 aromatic heterocycles. The molecular formula is C12H20N6. The van der Waals surface area contributed by atoms with Crippen LogP contribution in [0.5, 0.6) is 0 Å². The molecule has 6 heteroatoms. The summed E-state index contributed by atoms with van der Waals surface area (Å²) in [7, 11) is 0. The number of nitrogens with zero attached hydrogens (tertiary/aromatic N) is 4. The van der Waals surface area contributed by atoms with Crippen LogP contribution in [0.1, 0.15) is 31.8 Å². The third-order valence-electron chi connectivity index (χ3n) is 2.67. The number of aryl methyl sites for hydroxylation is 2. The van der Waals surface area contributed by atoms with E-state index in [1.807, 2.05) is 6.33 Å². The van der Waals surface area contributed by atoms with E-state index in [2.05, 4.69) is 50.1 Å². The Bertz CT molecular complexity index is 445. The number of imidazole rings is 1. The third kappa shape index (κ3) is 3.96. The molecule has 0 aliphatic carbocycles. The highest BCUT2D eigenvalue weighted by molar-refractivity contribution is 4.96. The molecule has 2 aromatic rings. The molecule has 2 N–H and O–H groups in total. The molecule has 0 saturated carbocycles. The Labute approximate surface area is 107 Å². The fraction of sp³-hybridized carbons (Fsp3) is 0.583. The second kappa shape index (κ2) is 6.30. The second-order valence-corrected chi connectivity index (χ2v) is 4.67. The van der Waals surface area contributed by atoms with Crippen LogP contribution in [-0.2, 0) is 19.5 Å². The molecule has 2 rings (SSSR count). The number of rotatable bonds is 7. The van der Waals surface area contributed by atoms with E-state index in [1.165, 1.54) is 0 Å². The minimum Gasteiger partial charge on any atom is -0.337 e. The largest absolute Gasteiger partial charge is 0.337 e. The Morgan fingerprint density at radius 3 is 3.00 bits per heavy atom. The van der Waals surface area contributed by atoms with Gasteiger partial charge in [-0.05, 0) is 6.42 Å². The molecule has 0 fully saturated rings. The summed E-state index contributed by atoms with van der Waals surface area (Å²) in [6, 6.07) is 0.488. The van der Waals surface area contributed by atoms with Gasteiger partial charge in [-0.2, -0.15) is 5.10 Å². The summed E-state index contributed by atoms with van der Waals surface area (Å²) in [5.74, 6) is 0.941. The minimum absolute atomic E-state index is 0.488. The number of aromatic amines is 1. The maximum Gasteiger partial charge on any atom is 0.137 e. The van der Waals surface area contributed by atoms with Crippen LogP contribution in [0, 0.1) is 0 Å². The summed E-state index contributed by atoms with van der Waals surface area (Å²) < 4.78 is 2.12. The lowest BCUT2D eigenvalue weighted by molar-refractivity contribution is 0.581. The molecule has 0 aliphatic rings. The predicted molar refractivity (Wildman–Crippen MR) is 68.9 cm³/mol. The van der Waals surface area contributed by atoms with Crippen LogP contribution in [-0.4, -0.2) is 30.8 Å². The van der Waals surface area contributed by atoms with Crippen molar-refractivity contribution >= 4 is 0 Å². The monoisotopic (exact) mass is 248 g/mol. The quantitative estimate of drug-likeness (QED) is 0.770. The smallest absolute Gasteiger partial charge is 0.137 e. The fourth-order valence-electron chi connectivity index (χ4n) is 1.71. The molecule has 0 atom stereocenters. The summed E-state index contributed by atoms with van der Waals surface area (Å²) in [6.07, 6.45) is 7.47. The maximum atomic E-state index is 4.37. The highest BCUT2D eigenvalue weighted by atomic mass is 15.2. The number of H-pyrrole nitrogens is 1. The van der Waals surface area contributed by atoms with Gasteiger partial charge in [0.15, 0.2) is 0 Å². The number of nitrogens with one attached hydrogen (secondary N) is 2. The van der Waals surface area contributed by atoms with Crippen LogP contribution in [0.3, 0.4) is 0 Å². The summed E-state index contributed by atoms with van der Waals surface area (Å²) in [4.78, 5) is 8.47. The summed E-state index contributed by atoms with van der Waals surface area (Å²) in [5.41, 5.74) is 1.09. The predicted octanol–water partition coefficient (Wildman–Crippen LogP) is 1.13. The molecule has 0 aliphatic heterocycles. The normalized spacial score (nSPS) is 11.3. The first-order valence-electron chi connectivity index (χ1n) is 6.32. The van der Waals surface area contributed by atoms with Gasteiger partial charge >= 0.3 is 0 Å². The van der Waals surface area contributed by atoms with Gasteiger partial charge in [-0.3, -0.25) is 5.10 Å². The molecule has 0 amide bonds. The number of hydrogen-bond acceptors (Lipinski definition) is 4. The third-order valence-corrected chi connectivity index (χ3v) is 2.67.